The van der Waals surface area contributed by atoms with Crippen LogP contribution in [0.5, 0.6) is 0 Å². The number of nitrogens with one attached hydrogen (secondary N) is 1. The third-order valence-electron chi connectivity index (χ3n) is 4.60. The van der Waals surface area contributed by atoms with E-state index in [1.807, 2.05) is 30.1 Å². The molecule has 1 N–H and O–H groups in total. The van der Waals surface area contributed by atoms with E-state index < -0.39 is 0 Å². The Bertz CT molecular complexity index is 770. The summed E-state index contributed by atoms with van der Waals surface area (Å²) in [4.78, 5) is 25.3. The molecule has 1 aromatic carbocycles. The molecular weight excluding hydrogens is 394 g/mol. The van der Waals surface area contributed by atoms with Crippen molar-refractivity contribution in [3.63, 3.8) is 0 Å². The van der Waals surface area contributed by atoms with Gasteiger partial charge in [0.05, 0.1) is 5.75 Å². The van der Waals surface area contributed by atoms with Crippen molar-refractivity contribution in [1.29, 1.82) is 0 Å². The topological polar surface area (TPSA) is 61.4 Å². The van der Waals surface area contributed by atoms with Crippen LogP contribution in [0.25, 0.3) is 0 Å². The maximum atomic E-state index is 12.1. The van der Waals surface area contributed by atoms with E-state index in [4.69, 9.17) is 11.6 Å². The Morgan fingerprint density at radius 1 is 1.25 bits per heavy atom. The lowest BCUT2D eigenvalue weighted by Crippen LogP contribution is -2.34. The Morgan fingerprint density at radius 3 is 2.75 bits per heavy atom. The number of aromatic nitrogens is 2. The lowest BCUT2D eigenvalue weighted by molar-refractivity contribution is -0.118. The van der Waals surface area contributed by atoms with E-state index in [2.05, 4.69) is 32.3 Å². The van der Waals surface area contributed by atoms with Gasteiger partial charge in [0, 0.05) is 32.7 Å². The molecule has 1 aliphatic rings. The molecule has 1 aromatic heterocycles. The lowest BCUT2D eigenvalue weighted by atomic mass is 10.2. The molecule has 2 heterocycles. The Morgan fingerprint density at radius 2 is 2.00 bits per heavy atom. The zero-order chi connectivity index (χ0) is 19.8. The first-order valence-corrected chi connectivity index (χ1v) is 10.9. The molecule has 8 heteroatoms. The molecule has 0 unspecified atom stereocenters. The molecule has 1 aliphatic heterocycles. The number of likely N-dealkylation sites (tertiary alicyclic amines) is 1. The maximum Gasteiger partial charge on any atom is 0.230 e. The molecule has 150 valence electrons. The van der Waals surface area contributed by atoms with Gasteiger partial charge in [0.2, 0.25) is 5.91 Å². The number of hydrogen-bond donors (Lipinski definition) is 1. The Hall–Kier alpha value is -1.83. The first-order chi connectivity index (χ1) is 13.6. The zero-order valence-electron chi connectivity index (χ0n) is 16.1. The smallest absolute Gasteiger partial charge is 0.230 e. The van der Waals surface area contributed by atoms with Crippen LogP contribution in [0, 0.1) is 0 Å². The standard InChI is InChI=1S/C20H26ClN5OS/c1-25(14-16-7-3-2-4-8-16)18-13-17(21)23-20(24-18)28-15-19(27)22-9-12-26-10-5-6-11-26/h2-4,7-8,13H,5-6,9-12,14-15H2,1H3,(H,22,27). The second-order valence-electron chi connectivity index (χ2n) is 6.86. The van der Waals surface area contributed by atoms with Crippen molar-refractivity contribution in [1.82, 2.24) is 20.2 Å². The first kappa shape index (κ1) is 20.9. The average molecular weight is 420 g/mol. The van der Waals surface area contributed by atoms with Crippen LogP contribution in [0.3, 0.4) is 0 Å². The SMILES string of the molecule is CN(Cc1ccccc1)c1cc(Cl)nc(SCC(=O)NCCN2CCCC2)n1. The number of carbonyl (C=O) groups excluding carboxylic acids is 1. The van der Waals surface area contributed by atoms with E-state index >= 15 is 0 Å². The predicted octanol–water partition coefficient (Wildman–Crippen LogP) is 3.07. The minimum Gasteiger partial charge on any atom is -0.355 e. The van der Waals surface area contributed by atoms with E-state index in [-0.39, 0.29) is 11.7 Å². The second-order valence-corrected chi connectivity index (χ2v) is 8.19. The van der Waals surface area contributed by atoms with Gasteiger partial charge in [0.1, 0.15) is 11.0 Å². The van der Waals surface area contributed by atoms with Crippen LogP contribution in [0.4, 0.5) is 5.82 Å². The second kappa shape index (κ2) is 10.6. The predicted molar refractivity (Wildman–Crippen MR) is 115 cm³/mol. The van der Waals surface area contributed by atoms with Gasteiger partial charge < -0.3 is 15.1 Å². The minimum absolute atomic E-state index is 0.00744. The molecule has 3 rings (SSSR count). The Kier molecular flexibility index (Phi) is 7.94. The average Bonchev–Trinajstić information content (AvgIpc) is 3.20. The van der Waals surface area contributed by atoms with Gasteiger partial charge in [0.15, 0.2) is 5.16 Å². The van der Waals surface area contributed by atoms with Crippen LogP contribution in [-0.4, -0.2) is 59.8 Å². The molecular formula is C20H26ClN5OS. The minimum atomic E-state index is -0.00744. The zero-order valence-corrected chi connectivity index (χ0v) is 17.7. The van der Waals surface area contributed by atoms with Crippen LogP contribution in [0.15, 0.2) is 41.6 Å². The molecule has 1 fully saturated rings. The van der Waals surface area contributed by atoms with Gasteiger partial charge >= 0.3 is 0 Å². The maximum absolute atomic E-state index is 12.1. The molecule has 0 spiro atoms. The first-order valence-electron chi connectivity index (χ1n) is 9.51. The summed E-state index contributed by atoms with van der Waals surface area (Å²) in [6.07, 6.45) is 2.52. The fraction of sp³-hybridized carbons (Fsp3) is 0.450. The van der Waals surface area contributed by atoms with Crippen LogP contribution in [0.2, 0.25) is 5.15 Å². The van der Waals surface area contributed by atoms with E-state index in [0.717, 1.165) is 32.0 Å². The van der Waals surface area contributed by atoms with Crippen LogP contribution < -0.4 is 10.2 Å². The molecule has 0 bridgehead atoms. The van der Waals surface area contributed by atoms with Gasteiger partial charge in [-0.15, -0.1) is 0 Å². The number of thioether (sulfide) groups is 1. The summed E-state index contributed by atoms with van der Waals surface area (Å²) < 4.78 is 0. The van der Waals surface area contributed by atoms with Crippen LogP contribution >= 0.6 is 23.4 Å². The van der Waals surface area contributed by atoms with E-state index in [1.54, 1.807) is 6.07 Å². The quantitative estimate of drug-likeness (QED) is 0.383. The summed E-state index contributed by atoms with van der Waals surface area (Å²) in [6, 6.07) is 11.9. The molecule has 1 saturated heterocycles. The molecule has 2 aromatic rings. The number of hydrogen-bond acceptors (Lipinski definition) is 6. The highest BCUT2D eigenvalue weighted by atomic mass is 35.5. The fourth-order valence-electron chi connectivity index (χ4n) is 3.12. The monoisotopic (exact) mass is 419 g/mol. The lowest BCUT2D eigenvalue weighted by Gasteiger charge is -2.19. The Balaban J connectivity index is 1.49. The normalized spacial score (nSPS) is 14.2. The molecule has 0 saturated carbocycles. The molecule has 1 amide bonds. The van der Waals surface area contributed by atoms with Crippen molar-refractivity contribution in [3.05, 3.63) is 47.1 Å². The highest BCUT2D eigenvalue weighted by Gasteiger charge is 2.13. The van der Waals surface area contributed by atoms with E-state index in [0.29, 0.717) is 16.9 Å². The summed E-state index contributed by atoms with van der Waals surface area (Å²) in [5.41, 5.74) is 1.19. The third-order valence-corrected chi connectivity index (χ3v) is 5.64. The molecule has 6 nitrogen and oxygen atoms in total. The van der Waals surface area contributed by atoms with Crippen molar-refractivity contribution in [2.75, 3.05) is 43.9 Å². The van der Waals surface area contributed by atoms with Crippen LogP contribution in [-0.2, 0) is 11.3 Å². The van der Waals surface area contributed by atoms with Crippen LogP contribution in [0.1, 0.15) is 18.4 Å². The summed E-state index contributed by atoms with van der Waals surface area (Å²) in [5, 5.41) is 3.85. The van der Waals surface area contributed by atoms with E-state index in [9.17, 15) is 4.79 Å². The highest BCUT2D eigenvalue weighted by molar-refractivity contribution is 7.99. The summed E-state index contributed by atoms with van der Waals surface area (Å²) in [6.45, 7) is 4.59. The van der Waals surface area contributed by atoms with Crippen molar-refractivity contribution in [2.45, 2.75) is 24.5 Å². The number of halogens is 1. The van der Waals surface area contributed by atoms with Crippen molar-refractivity contribution < 1.29 is 4.79 Å². The number of rotatable bonds is 9. The Labute approximate surface area is 175 Å². The summed E-state index contributed by atoms with van der Waals surface area (Å²) in [7, 11) is 1.96. The number of amides is 1. The van der Waals surface area contributed by atoms with Crippen molar-refractivity contribution in [3.8, 4) is 0 Å². The molecule has 0 aliphatic carbocycles. The molecule has 28 heavy (non-hydrogen) atoms. The van der Waals surface area contributed by atoms with Crippen molar-refractivity contribution >= 4 is 35.1 Å². The summed E-state index contributed by atoms with van der Waals surface area (Å²) >= 11 is 7.48. The van der Waals surface area contributed by atoms with Gasteiger partial charge in [-0.25, -0.2) is 9.97 Å². The molecule has 0 radical (unpaired) electrons. The number of benzene rings is 1. The number of anilines is 1. The van der Waals surface area contributed by atoms with E-state index in [1.165, 1.54) is 30.2 Å². The highest BCUT2D eigenvalue weighted by Crippen LogP contribution is 2.22. The fourth-order valence-corrected chi connectivity index (χ4v) is 4.04. The van der Waals surface area contributed by atoms with Gasteiger partial charge in [-0.05, 0) is 31.5 Å². The molecule has 0 atom stereocenters. The van der Waals surface area contributed by atoms with Gasteiger partial charge in [-0.3, -0.25) is 4.79 Å². The third kappa shape index (κ3) is 6.65. The van der Waals surface area contributed by atoms with Gasteiger partial charge in [-0.2, -0.15) is 0 Å². The summed E-state index contributed by atoms with van der Waals surface area (Å²) in [5.74, 6) is 1.01. The van der Waals surface area contributed by atoms with Crippen molar-refractivity contribution in [2.24, 2.45) is 0 Å². The number of carbonyl (C=O) groups is 1. The number of nitrogens with zero attached hydrogens (tertiary/aromatic N) is 4. The largest absolute Gasteiger partial charge is 0.355 e. The van der Waals surface area contributed by atoms with Gasteiger partial charge in [0.25, 0.3) is 0 Å². The van der Waals surface area contributed by atoms with Gasteiger partial charge in [-0.1, -0.05) is 53.7 Å².